The van der Waals surface area contributed by atoms with E-state index in [0.717, 1.165) is 0 Å². The molecule has 1 saturated heterocycles. The van der Waals surface area contributed by atoms with Gasteiger partial charge in [-0.3, -0.25) is 0 Å². The normalized spacial score (nSPS) is 17.2. The van der Waals surface area contributed by atoms with Crippen LogP contribution in [0.5, 0.6) is 11.8 Å². The predicted molar refractivity (Wildman–Crippen MR) is 52.9 cm³/mol. The first-order valence-electron chi connectivity index (χ1n) is 5.08. The average molecular weight is 227 g/mol. The van der Waals surface area contributed by atoms with Gasteiger partial charge in [0.15, 0.2) is 0 Å². The number of carbonyl (C=O) groups is 1. The Labute approximate surface area is 92.0 Å². The minimum absolute atomic E-state index is 0.241. The number of hydrogen-bond donors (Lipinski definition) is 2. The molecule has 6 heteroatoms. The van der Waals surface area contributed by atoms with Crippen molar-refractivity contribution >= 4 is 5.97 Å². The third kappa shape index (κ3) is 2.11. The fourth-order valence-electron chi connectivity index (χ4n) is 1.59. The number of rotatable bonds is 2. The number of carbonyl (C=O) groups excluding carboxylic acids is 1. The highest BCUT2D eigenvalue weighted by Crippen LogP contribution is 2.21. The molecule has 16 heavy (non-hydrogen) atoms. The fourth-order valence-corrected chi connectivity index (χ4v) is 1.59. The first-order valence-corrected chi connectivity index (χ1v) is 5.08. The largest absolute Gasteiger partial charge is 0.492 e. The van der Waals surface area contributed by atoms with Crippen LogP contribution in [0.15, 0.2) is 12.1 Å². The number of aromatic nitrogens is 1. The van der Waals surface area contributed by atoms with Crippen molar-refractivity contribution in [3.63, 3.8) is 0 Å². The monoisotopic (exact) mass is 227 g/mol. The number of aromatic hydroxyl groups is 2. The second-order valence-corrected chi connectivity index (χ2v) is 3.64. The lowest BCUT2D eigenvalue weighted by atomic mass is 10.0. The van der Waals surface area contributed by atoms with Gasteiger partial charge in [-0.05, 0) is 12.8 Å². The second kappa shape index (κ2) is 4.44. The highest BCUT2D eigenvalue weighted by atomic mass is 16.7. The zero-order valence-electron chi connectivity index (χ0n) is 8.63. The maximum Gasteiger partial charge on any atom is 0.336 e. The third-order valence-electron chi connectivity index (χ3n) is 2.53. The Bertz CT molecular complexity index is 361. The molecule has 0 amide bonds. The van der Waals surface area contributed by atoms with Crippen molar-refractivity contribution in [1.29, 1.82) is 0 Å². The molecule has 1 fully saturated rings. The summed E-state index contributed by atoms with van der Waals surface area (Å²) >= 11 is 0. The molecule has 2 rings (SSSR count). The summed E-state index contributed by atoms with van der Waals surface area (Å²) in [5.41, 5.74) is 0. The van der Waals surface area contributed by atoms with Crippen LogP contribution in [-0.2, 0) is 9.53 Å². The van der Waals surface area contributed by atoms with Gasteiger partial charge in [0.05, 0.1) is 5.92 Å². The summed E-state index contributed by atoms with van der Waals surface area (Å²) < 4.78 is 5.83. The Hall–Kier alpha value is -1.69. The van der Waals surface area contributed by atoms with Crippen molar-refractivity contribution in [3.05, 3.63) is 12.1 Å². The standard InChI is InChI=1S/C10H13NO5/c12-8-1-2-9(13)11(8)16-10(14)7-3-5-15-6-4-7/h1-2,7,12-13H,3-6H2. The molecule has 0 bridgehead atoms. The van der Waals surface area contributed by atoms with Crippen molar-refractivity contribution in [2.75, 3.05) is 13.2 Å². The van der Waals surface area contributed by atoms with E-state index in [1.165, 1.54) is 12.1 Å². The lowest BCUT2D eigenvalue weighted by Gasteiger charge is -2.20. The molecule has 1 aliphatic rings. The van der Waals surface area contributed by atoms with Crippen LogP contribution >= 0.6 is 0 Å². The lowest BCUT2D eigenvalue weighted by molar-refractivity contribution is -0.153. The van der Waals surface area contributed by atoms with E-state index in [0.29, 0.717) is 30.8 Å². The molecule has 2 heterocycles. The van der Waals surface area contributed by atoms with E-state index in [2.05, 4.69) is 0 Å². The van der Waals surface area contributed by atoms with Crippen LogP contribution in [-0.4, -0.2) is 34.1 Å². The summed E-state index contributed by atoms with van der Waals surface area (Å²) in [5.74, 6) is -1.32. The van der Waals surface area contributed by atoms with E-state index >= 15 is 0 Å². The molecule has 0 saturated carbocycles. The highest BCUT2D eigenvalue weighted by Gasteiger charge is 2.25. The summed E-state index contributed by atoms with van der Waals surface area (Å²) in [6.45, 7) is 1.06. The van der Waals surface area contributed by atoms with Gasteiger partial charge in [-0.25, -0.2) is 4.79 Å². The Morgan fingerprint density at radius 2 is 1.88 bits per heavy atom. The first-order chi connectivity index (χ1) is 7.68. The van der Waals surface area contributed by atoms with Crippen LogP contribution in [0.2, 0.25) is 0 Å². The van der Waals surface area contributed by atoms with Gasteiger partial charge in [0.25, 0.3) is 0 Å². The summed E-state index contributed by atoms with van der Waals surface area (Å²) in [7, 11) is 0. The van der Waals surface area contributed by atoms with Crippen molar-refractivity contribution in [2.24, 2.45) is 5.92 Å². The molecular weight excluding hydrogens is 214 g/mol. The van der Waals surface area contributed by atoms with Crippen LogP contribution in [0.1, 0.15) is 12.8 Å². The van der Waals surface area contributed by atoms with Gasteiger partial charge in [0, 0.05) is 25.3 Å². The minimum Gasteiger partial charge on any atom is -0.492 e. The number of hydrogen-bond acceptors (Lipinski definition) is 5. The number of ether oxygens (including phenoxy) is 1. The van der Waals surface area contributed by atoms with Crippen LogP contribution < -0.4 is 4.84 Å². The van der Waals surface area contributed by atoms with Gasteiger partial charge in [-0.1, -0.05) is 0 Å². The Morgan fingerprint density at radius 1 is 1.31 bits per heavy atom. The summed E-state index contributed by atoms with van der Waals surface area (Å²) in [6.07, 6.45) is 1.20. The fraction of sp³-hybridized carbons (Fsp3) is 0.500. The molecule has 0 unspecified atom stereocenters. The van der Waals surface area contributed by atoms with E-state index in [1.807, 2.05) is 0 Å². The van der Waals surface area contributed by atoms with Crippen LogP contribution in [0.25, 0.3) is 0 Å². The van der Waals surface area contributed by atoms with Crippen LogP contribution in [0.4, 0.5) is 0 Å². The van der Waals surface area contributed by atoms with Crippen molar-refractivity contribution in [3.8, 4) is 11.8 Å². The zero-order chi connectivity index (χ0) is 11.5. The summed E-state index contributed by atoms with van der Waals surface area (Å²) in [6, 6.07) is 2.49. The van der Waals surface area contributed by atoms with Gasteiger partial charge in [0.1, 0.15) is 0 Å². The highest BCUT2D eigenvalue weighted by molar-refractivity contribution is 5.73. The molecule has 1 aromatic rings. The Balaban J connectivity index is 2.01. The first kappa shape index (κ1) is 10.8. The van der Waals surface area contributed by atoms with E-state index < -0.39 is 5.97 Å². The molecule has 2 N–H and O–H groups in total. The van der Waals surface area contributed by atoms with Crippen molar-refractivity contribution < 1.29 is 24.6 Å². The number of nitrogens with zero attached hydrogens (tertiary/aromatic N) is 1. The topological polar surface area (TPSA) is 80.9 Å². The lowest BCUT2D eigenvalue weighted by Crippen LogP contribution is -2.31. The van der Waals surface area contributed by atoms with Crippen LogP contribution in [0, 0.1) is 5.92 Å². The predicted octanol–water partition coefficient (Wildman–Crippen LogP) is 0.281. The third-order valence-corrected chi connectivity index (χ3v) is 2.53. The maximum absolute atomic E-state index is 11.6. The Morgan fingerprint density at radius 3 is 2.44 bits per heavy atom. The van der Waals surface area contributed by atoms with Crippen LogP contribution in [0.3, 0.4) is 0 Å². The van der Waals surface area contributed by atoms with E-state index in [1.54, 1.807) is 0 Å². The molecule has 0 radical (unpaired) electrons. The molecule has 0 aromatic carbocycles. The van der Waals surface area contributed by atoms with Gasteiger partial charge in [-0.2, -0.15) is 0 Å². The van der Waals surface area contributed by atoms with E-state index in [9.17, 15) is 15.0 Å². The summed E-state index contributed by atoms with van der Waals surface area (Å²) in [5, 5.41) is 18.6. The van der Waals surface area contributed by atoms with Gasteiger partial charge < -0.3 is 19.8 Å². The van der Waals surface area contributed by atoms with Gasteiger partial charge in [0.2, 0.25) is 11.8 Å². The molecule has 6 nitrogen and oxygen atoms in total. The molecule has 0 aliphatic carbocycles. The average Bonchev–Trinajstić information content (AvgIpc) is 2.62. The summed E-state index contributed by atoms with van der Waals surface area (Å²) in [4.78, 5) is 16.5. The molecule has 88 valence electrons. The maximum atomic E-state index is 11.6. The SMILES string of the molecule is O=C(On1c(O)ccc1O)C1CCOCC1. The zero-order valence-corrected chi connectivity index (χ0v) is 8.63. The second-order valence-electron chi connectivity index (χ2n) is 3.64. The molecule has 0 spiro atoms. The van der Waals surface area contributed by atoms with Crippen molar-refractivity contribution in [2.45, 2.75) is 12.8 Å². The smallest absolute Gasteiger partial charge is 0.336 e. The molecule has 1 aliphatic heterocycles. The molecule has 1 aromatic heterocycles. The minimum atomic E-state index is -0.467. The van der Waals surface area contributed by atoms with E-state index in [-0.39, 0.29) is 17.7 Å². The van der Waals surface area contributed by atoms with Gasteiger partial charge in [-0.15, -0.1) is 4.73 Å². The van der Waals surface area contributed by atoms with E-state index in [4.69, 9.17) is 9.57 Å². The molecular formula is C10H13NO5. The van der Waals surface area contributed by atoms with Gasteiger partial charge >= 0.3 is 5.97 Å². The molecule has 0 atom stereocenters. The Kier molecular flexibility index (Phi) is 3.00. The van der Waals surface area contributed by atoms with Crippen molar-refractivity contribution in [1.82, 2.24) is 4.73 Å². The quantitative estimate of drug-likeness (QED) is 0.758.